The van der Waals surface area contributed by atoms with Crippen molar-refractivity contribution >= 4 is 23.1 Å². The van der Waals surface area contributed by atoms with Gasteiger partial charge in [0.15, 0.2) is 5.78 Å². The molecular weight excluding hydrogens is 394 g/mol. The summed E-state index contributed by atoms with van der Waals surface area (Å²) in [5, 5.41) is 0. The molecule has 0 saturated heterocycles. The van der Waals surface area contributed by atoms with Gasteiger partial charge in [-0.3, -0.25) is 4.79 Å². The van der Waals surface area contributed by atoms with E-state index >= 15 is 0 Å². The molecule has 0 amide bonds. The van der Waals surface area contributed by atoms with Crippen LogP contribution in [0.4, 0.5) is 0 Å². The maximum atomic E-state index is 12.3. The van der Waals surface area contributed by atoms with Gasteiger partial charge < -0.3 is 42.0 Å². The first-order chi connectivity index (χ1) is 10.3. The van der Waals surface area contributed by atoms with E-state index in [0.717, 1.165) is 5.75 Å². The molecule has 3 aromatic rings. The Morgan fingerprint density at radius 1 is 0.560 bits per heavy atom. The van der Waals surface area contributed by atoms with Crippen LogP contribution in [-0.2, 0) is 0 Å². The van der Waals surface area contributed by atoms with Crippen LogP contribution in [0.5, 0.6) is 11.5 Å². The summed E-state index contributed by atoms with van der Waals surface area (Å²) >= 11 is 0. The summed E-state index contributed by atoms with van der Waals surface area (Å²) < 4.78 is 5.71. The summed E-state index contributed by atoms with van der Waals surface area (Å²) in [6.07, 6.45) is 0. The van der Waals surface area contributed by atoms with Crippen LogP contribution < -0.4 is 42.0 Å². The molecule has 6 heteroatoms. The van der Waals surface area contributed by atoms with Gasteiger partial charge in [-0.2, -0.15) is 0 Å². The predicted molar refractivity (Wildman–Crippen MR) is 88.6 cm³/mol. The third-order valence-corrected chi connectivity index (χ3v) is 3.13. The van der Waals surface area contributed by atoms with Crippen molar-refractivity contribution in [2.24, 2.45) is 0 Å². The van der Waals surface area contributed by atoms with Gasteiger partial charge in [-0.1, -0.05) is 48.5 Å². The molecule has 0 aliphatic carbocycles. The van der Waals surface area contributed by atoms with Crippen LogP contribution in [0, 0.1) is 0 Å². The number of benzene rings is 3. The zero-order chi connectivity index (χ0) is 14.5. The normalized spacial score (nSPS) is 8.48. The number of rotatable bonds is 4. The van der Waals surface area contributed by atoms with Crippen molar-refractivity contribution < 1.29 is 46.8 Å². The van der Waals surface area contributed by atoms with Crippen molar-refractivity contribution in [3.05, 3.63) is 96.1 Å². The molecule has 126 valence electrons. The van der Waals surface area contributed by atoms with Gasteiger partial charge >= 0.3 is 17.4 Å². The van der Waals surface area contributed by atoms with Crippen LogP contribution in [0.25, 0.3) is 0 Å². The maximum absolute atomic E-state index is 12.3. The summed E-state index contributed by atoms with van der Waals surface area (Å²) in [5.74, 6) is 1.51. The monoisotopic (exact) mass is 406 g/mol. The van der Waals surface area contributed by atoms with Crippen LogP contribution in [0.15, 0.2) is 84.9 Å². The Morgan fingerprint density at radius 3 is 1.48 bits per heavy atom. The Bertz CT molecular complexity index is 736. The third kappa shape index (κ3) is 7.12. The fourth-order valence-corrected chi connectivity index (χ4v) is 2.06. The second-order valence-electron chi connectivity index (χ2n) is 4.63. The number of carbonyl (C=O) groups excluding carboxylic acids is 1. The summed E-state index contributed by atoms with van der Waals surface area (Å²) in [4.78, 5) is 12.3. The average Bonchev–Trinajstić information content (AvgIpc) is 2.57. The molecule has 0 unspecified atom stereocenters. The molecule has 0 heterocycles. The Balaban J connectivity index is 0. The van der Waals surface area contributed by atoms with E-state index in [2.05, 4.69) is 0 Å². The number of para-hydroxylation sites is 1. The van der Waals surface area contributed by atoms with Crippen LogP contribution in [0.1, 0.15) is 15.9 Å². The van der Waals surface area contributed by atoms with Crippen molar-refractivity contribution in [3.63, 3.8) is 0 Å². The van der Waals surface area contributed by atoms with Crippen molar-refractivity contribution in [3.8, 4) is 11.5 Å². The Labute approximate surface area is 177 Å². The Hall–Kier alpha value is -1.47. The quantitative estimate of drug-likeness (QED) is 0.321. The molecule has 0 atom stereocenters. The molecule has 0 aromatic heterocycles. The molecule has 0 aliphatic rings. The minimum atomic E-state index is 0. The molecule has 0 fully saturated rings. The SMILES string of the molecule is O=C(c1ccccc1)c1ccc(Oc2ccccc2)cc1.[Al+3].[Cl-].[Cl-].[Cl-]. The van der Waals surface area contributed by atoms with Crippen LogP contribution in [0.3, 0.4) is 0 Å². The number of carbonyl (C=O) groups is 1. The van der Waals surface area contributed by atoms with E-state index in [0.29, 0.717) is 16.9 Å². The van der Waals surface area contributed by atoms with E-state index < -0.39 is 0 Å². The first-order valence-electron chi connectivity index (χ1n) is 6.76. The van der Waals surface area contributed by atoms with Crippen molar-refractivity contribution in [2.75, 3.05) is 0 Å². The smallest absolute Gasteiger partial charge is 1.00 e. The van der Waals surface area contributed by atoms with Gasteiger partial charge in [0, 0.05) is 11.1 Å². The minimum absolute atomic E-state index is 0. The van der Waals surface area contributed by atoms with E-state index in [-0.39, 0.29) is 60.4 Å². The zero-order valence-corrected chi connectivity index (χ0v) is 16.5. The molecule has 3 aromatic carbocycles. The average molecular weight is 408 g/mol. The van der Waals surface area contributed by atoms with Gasteiger partial charge in [0.1, 0.15) is 11.5 Å². The van der Waals surface area contributed by atoms with Gasteiger partial charge in [0.2, 0.25) is 0 Å². The van der Waals surface area contributed by atoms with Gasteiger partial charge in [-0.05, 0) is 36.4 Å². The van der Waals surface area contributed by atoms with E-state index in [1.165, 1.54) is 0 Å². The van der Waals surface area contributed by atoms with E-state index in [4.69, 9.17) is 4.74 Å². The van der Waals surface area contributed by atoms with Gasteiger partial charge in [0.25, 0.3) is 0 Å². The first-order valence-corrected chi connectivity index (χ1v) is 6.76. The number of ether oxygens (including phenoxy) is 1. The number of hydrogen-bond acceptors (Lipinski definition) is 2. The molecular formula is C19H14AlCl3O2. The van der Waals surface area contributed by atoms with Crippen molar-refractivity contribution in [2.45, 2.75) is 0 Å². The molecule has 0 bridgehead atoms. The molecule has 0 N–H and O–H groups in total. The summed E-state index contributed by atoms with van der Waals surface area (Å²) in [6.45, 7) is 0. The molecule has 0 spiro atoms. The fourth-order valence-electron chi connectivity index (χ4n) is 2.06. The number of hydrogen-bond donors (Lipinski definition) is 0. The van der Waals surface area contributed by atoms with Gasteiger partial charge in [-0.25, -0.2) is 0 Å². The summed E-state index contributed by atoms with van der Waals surface area (Å²) in [7, 11) is 0. The molecule has 0 aliphatic heterocycles. The third-order valence-electron chi connectivity index (χ3n) is 3.13. The minimum Gasteiger partial charge on any atom is -1.00 e. The van der Waals surface area contributed by atoms with E-state index in [1.54, 1.807) is 12.1 Å². The van der Waals surface area contributed by atoms with Crippen LogP contribution in [0.2, 0.25) is 0 Å². The second kappa shape index (κ2) is 12.8. The van der Waals surface area contributed by atoms with Gasteiger partial charge in [0.05, 0.1) is 0 Å². The van der Waals surface area contributed by atoms with Gasteiger partial charge in [-0.15, -0.1) is 0 Å². The maximum Gasteiger partial charge on any atom is 3.00 e. The van der Waals surface area contributed by atoms with Crippen LogP contribution >= 0.6 is 0 Å². The topological polar surface area (TPSA) is 26.3 Å². The standard InChI is InChI=1S/C19H14O2.Al.3ClH/c20-19(15-7-3-1-4-8-15)16-11-13-18(14-12-16)21-17-9-5-2-6-10-17;;;;/h1-14H;;3*1H/q;+3;;;/p-3. The predicted octanol–water partition coefficient (Wildman–Crippen LogP) is -4.66. The molecule has 3 rings (SSSR count). The van der Waals surface area contributed by atoms with E-state index in [9.17, 15) is 4.79 Å². The van der Waals surface area contributed by atoms with Crippen molar-refractivity contribution in [1.82, 2.24) is 0 Å². The summed E-state index contributed by atoms with van der Waals surface area (Å²) in [6, 6.07) is 26.0. The van der Waals surface area contributed by atoms with Crippen molar-refractivity contribution in [1.29, 1.82) is 0 Å². The number of ketones is 1. The Morgan fingerprint density at radius 2 is 0.960 bits per heavy atom. The fraction of sp³-hybridized carbons (Fsp3) is 0. The zero-order valence-electron chi connectivity index (χ0n) is 13.1. The molecule has 2 nitrogen and oxygen atoms in total. The molecule has 0 saturated carbocycles. The van der Waals surface area contributed by atoms with Crippen LogP contribution in [-0.4, -0.2) is 23.1 Å². The largest absolute Gasteiger partial charge is 3.00 e. The molecule has 25 heavy (non-hydrogen) atoms. The first kappa shape index (κ1) is 25.8. The second-order valence-corrected chi connectivity index (χ2v) is 4.63. The number of halogens is 3. The summed E-state index contributed by atoms with van der Waals surface area (Å²) in [5.41, 5.74) is 1.34. The van der Waals surface area contributed by atoms with E-state index in [1.807, 2.05) is 72.8 Å². The molecule has 0 radical (unpaired) electrons. The Kier molecular flexibility index (Phi) is 13.2.